The van der Waals surface area contributed by atoms with Gasteiger partial charge in [-0.2, -0.15) is 5.26 Å². The minimum absolute atomic E-state index is 0.0493. The minimum Gasteiger partial charge on any atom is -0.309 e. The summed E-state index contributed by atoms with van der Waals surface area (Å²) in [6.07, 6.45) is -0.175. The van der Waals surface area contributed by atoms with Crippen molar-refractivity contribution in [3.05, 3.63) is 28.8 Å². The molecule has 0 aliphatic carbocycles. The Labute approximate surface area is 115 Å². The number of primary sulfonamides is 1. The number of anilines is 1. The third-order valence-electron chi connectivity index (χ3n) is 2.92. The fourth-order valence-electron chi connectivity index (χ4n) is 1.92. The lowest BCUT2D eigenvalue weighted by molar-refractivity contribution is -0.117. The molecule has 1 aromatic carbocycles. The Bertz CT molecular complexity index is 681. The third-order valence-corrected chi connectivity index (χ3v) is 4.48. The normalized spacial score (nSPS) is 19.5. The van der Waals surface area contributed by atoms with Crippen molar-refractivity contribution in [3.63, 3.8) is 0 Å². The van der Waals surface area contributed by atoms with E-state index in [1.165, 1.54) is 23.1 Å². The van der Waals surface area contributed by atoms with E-state index < -0.39 is 15.3 Å². The number of amides is 1. The van der Waals surface area contributed by atoms with Crippen molar-refractivity contribution in [1.82, 2.24) is 0 Å². The van der Waals surface area contributed by atoms with E-state index >= 15 is 0 Å². The Kier molecular flexibility index (Phi) is 3.49. The van der Waals surface area contributed by atoms with Crippen molar-refractivity contribution in [2.75, 3.05) is 11.4 Å². The van der Waals surface area contributed by atoms with Crippen molar-refractivity contribution in [1.29, 1.82) is 5.26 Å². The minimum atomic E-state index is -3.78. The van der Waals surface area contributed by atoms with E-state index in [1.807, 2.05) is 6.07 Å². The Morgan fingerprint density at radius 2 is 2.16 bits per heavy atom. The highest BCUT2D eigenvalue weighted by atomic mass is 35.5. The van der Waals surface area contributed by atoms with E-state index in [0.717, 1.165) is 0 Å². The van der Waals surface area contributed by atoms with Crippen LogP contribution in [0.4, 0.5) is 5.69 Å². The number of rotatable bonds is 2. The SMILES string of the molecule is N#Cc1ccc(Cl)c(N2CC(S(N)(=O)=O)CC2=O)c1. The second-order valence-corrected chi connectivity index (χ2v) is 6.45. The molecule has 19 heavy (non-hydrogen) atoms. The molecule has 1 aliphatic heterocycles. The maximum atomic E-state index is 11.8. The first-order valence-corrected chi connectivity index (χ1v) is 7.33. The van der Waals surface area contributed by atoms with Crippen LogP contribution in [0.25, 0.3) is 0 Å². The fraction of sp³-hybridized carbons (Fsp3) is 0.273. The van der Waals surface area contributed by atoms with Crippen molar-refractivity contribution in [3.8, 4) is 6.07 Å². The van der Waals surface area contributed by atoms with Crippen LogP contribution in [-0.2, 0) is 14.8 Å². The van der Waals surface area contributed by atoms with Crippen LogP contribution in [0.5, 0.6) is 0 Å². The summed E-state index contributed by atoms with van der Waals surface area (Å²) in [5.41, 5.74) is 0.670. The lowest BCUT2D eigenvalue weighted by atomic mass is 10.2. The summed E-state index contributed by atoms with van der Waals surface area (Å²) >= 11 is 5.98. The average molecular weight is 300 g/mol. The van der Waals surface area contributed by atoms with Gasteiger partial charge < -0.3 is 4.90 Å². The molecule has 0 radical (unpaired) electrons. The van der Waals surface area contributed by atoms with Crippen molar-refractivity contribution in [2.24, 2.45) is 5.14 Å². The van der Waals surface area contributed by atoms with Crippen molar-refractivity contribution < 1.29 is 13.2 Å². The summed E-state index contributed by atoms with van der Waals surface area (Å²) in [7, 11) is -3.78. The Balaban J connectivity index is 2.39. The van der Waals surface area contributed by atoms with Gasteiger partial charge in [0.2, 0.25) is 15.9 Å². The number of sulfonamides is 1. The van der Waals surface area contributed by atoms with Crippen LogP contribution in [0.15, 0.2) is 18.2 Å². The molecule has 0 spiro atoms. The zero-order valence-corrected chi connectivity index (χ0v) is 11.3. The van der Waals surface area contributed by atoms with Crippen LogP contribution in [0, 0.1) is 11.3 Å². The molecule has 2 rings (SSSR count). The first-order chi connectivity index (χ1) is 8.82. The summed E-state index contributed by atoms with van der Waals surface area (Å²) < 4.78 is 22.6. The van der Waals surface area contributed by atoms with Crippen LogP contribution in [0.3, 0.4) is 0 Å². The number of carbonyl (C=O) groups is 1. The molecule has 1 aliphatic rings. The van der Waals surface area contributed by atoms with Crippen molar-refractivity contribution >= 4 is 33.2 Å². The van der Waals surface area contributed by atoms with Gasteiger partial charge in [0.25, 0.3) is 0 Å². The van der Waals surface area contributed by atoms with Gasteiger partial charge in [-0.25, -0.2) is 13.6 Å². The van der Waals surface area contributed by atoms with Crippen LogP contribution in [-0.4, -0.2) is 26.1 Å². The van der Waals surface area contributed by atoms with Gasteiger partial charge in [0.15, 0.2) is 0 Å². The molecule has 1 fully saturated rings. The van der Waals surface area contributed by atoms with Crippen LogP contribution in [0.1, 0.15) is 12.0 Å². The first kappa shape index (κ1) is 13.8. The highest BCUT2D eigenvalue weighted by molar-refractivity contribution is 7.89. The smallest absolute Gasteiger partial charge is 0.228 e. The second kappa shape index (κ2) is 4.81. The molecular formula is C11H10ClN3O3S. The number of carbonyl (C=O) groups excluding carboxylic acids is 1. The number of halogens is 1. The monoisotopic (exact) mass is 299 g/mol. The molecule has 1 atom stereocenters. The number of benzene rings is 1. The fourth-order valence-corrected chi connectivity index (χ4v) is 2.87. The number of hydrogen-bond acceptors (Lipinski definition) is 4. The van der Waals surface area contributed by atoms with E-state index in [1.54, 1.807) is 0 Å². The maximum absolute atomic E-state index is 11.8. The quantitative estimate of drug-likeness (QED) is 0.863. The summed E-state index contributed by atoms with van der Waals surface area (Å²) in [5.74, 6) is -0.379. The van der Waals surface area contributed by atoms with Crippen LogP contribution in [0.2, 0.25) is 5.02 Å². The van der Waals surface area contributed by atoms with E-state index in [4.69, 9.17) is 22.0 Å². The highest BCUT2D eigenvalue weighted by Gasteiger charge is 2.37. The molecule has 8 heteroatoms. The van der Waals surface area contributed by atoms with Gasteiger partial charge in [-0.05, 0) is 18.2 Å². The molecule has 6 nitrogen and oxygen atoms in total. The lowest BCUT2D eigenvalue weighted by Gasteiger charge is -2.18. The standard InChI is InChI=1S/C11H10ClN3O3S/c12-9-2-1-7(5-13)3-10(9)15-6-8(4-11(15)16)19(14,17)18/h1-3,8H,4,6H2,(H2,14,17,18). The number of nitrogens with zero attached hydrogens (tertiary/aromatic N) is 2. The molecule has 0 saturated carbocycles. The molecule has 1 saturated heterocycles. The summed E-state index contributed by atoms with van der Waals surface area (Å²) in [5, 5.41) is 13.2. The largest absolute Gasteiger partial charge is 0.309 e. The highest BCUT2D eigenvalue weighted by Crippen LogP contribution is 2.31. The van der Waals surface area contributed by atoms with Crippen LogP contribution >= 0.6 is 11.6 Å². The molecule has 1 heterocycles. The van der Waals surface area contributed by atoms with E-state index in [9.17, 15) is 13.2 Å². The zero-order valence-electron chi connectivity index (χ0n) is 9.71. The molecule has 1 amide bonds. The maximum Gasteiger partial charge on any atom is 0.228 e. The molecule has 1 aromatic rings. The molecule has 2 N–H and O–H groups in total. The zero-order chi connectivity index (χ0) is 14.2. The van der Waals surface area contributed by atoms with E-state index in [0.29, 0.717) is 11.3 Å². The van der Waals surface area contributed by atoms with Gasteiger partial charge in [0.1, 0.15) is 5.25 Å². The number of hydrogen-bond donors (Lipinski definition) is 1. The average Bonchev–Trinajstić information content (AvgIpc) is 2.72. The summed E-state index contributed by atoms with van der Waals surface area (Å²) in [4.78, 5) is 13.1. The lowest BCUT2D eigenvalue weighted by Crippen LogP contribution is -2.32. The molecule has 1 unspecified atom stereocenters. The Hall–Kier alpha value is -1.62. The predicted molar refractivity (Wildman–Crippen MR) is 70.0 cm³/mol. The third kappa shape index (κ3) is 2.71. The second-order valence-electron chi connectivity index (χ2n) is 4.20. The van der Waals surface area contributed by atoms with Gasteiger partial charge in [0.05, 0.1) is 22.3 Å². The van der Waals surface area contributed by atoms with Gasteiger partial charge in [0, 0.05) is 13.0 Å². The Morgan fingerprint density at radius 3 is 2.68 bits per heavy atom. The molecular weight excluding hydrogens is 290 g/mol. The molecule has 100 valence electrons. The molecule has 0 bridgehead atoms. The first-order valence-electron chi connectivity index (χ1n) is 5.34. The Morgan fingerprint density at radius 1 is 1.47 bits per heavy atom. The van der Waals surface area contributed by atoms with E-state index in [2.05, 4.69) is 0 Å². The van der Waals surface area contributed by atoms with Gasteiger partial charge in [-0.15, -0.1) is 0 Å². The number of nitrogens with two attached hydrogens (primary N) is 1. The topological polar surface area (TPSA) is 104 Å². The predicted octanol–water partition coefficient (Wildman–Crippen LogP) is 0.605. The van der Waals surface area contributed by atoms with Gasteiger partial charge >= 0.3 is 0 Å². The van der Waals surface area contributed by atoms with Crippen molar-refractivity contribution in [2.45, 2.75) is 11.7 Å². The summed E-state index contributed by atoms with van der Waals surface area (Å²) in [6, 6.07) is 6.40. The number of nitriles is 1. The van der Waals surface area contributed by atoms with Gasteiger partial charge in [-0.3, -0.25) is 4.79 Å². The summed E-state index contributed by atoms with van der Waals surface area (Å²) in [6.45, 7) is -0.0493. The van der Waals surface area contributed by atoms with E-state index in [-0.39, 0.29) is 23.9 Å². The van der Waals surface area contributed by atoms with Crippen LogP contribution < -0.4 is 10.0 Å². The molecule has 0 aromatic heterocycles. The van der Waals surface area contributed by atoms with Gasteiger partial charge in [-0.1, -0.05) is 11.6 Å².